The maximum absolute atomic E-state index is 12.9. The van der Waals surface area contributed by atoms with Crippen LogP contribution in [0.5, 0.6) is 0 Å². The van der Waals surface area contributed by atoms with Crippen molar-refractivity contribution in [2.75, 3.05) is 13.2 Å². The molecule has 0 aromatic heterocycles. The van der Waals surface area contributed by atoms with Crippen molar-refractivity contribution in [3.63, 3.8) is 0 Å². The Bertz CT molecular complexity index is 1710. The molecular formula is C69H108O6. The number of allylic oxidation sites excluding steroid dienone is 26. The van der Waals surface area contributed by atoms with Crippen LogP contribution in [0.4, 0.5) is 0 Å². The third-order valence-electron chi connectivity index (χ3n) is 12.0. The molecule has 420 valence electrons. The van der Waals surface area contributed by atoms with Crippen LogP contribution in [0.2, 0.25) is 0 Å². The highest BCUT2D eigenvalue weighted by atomic mass is 16.6. The van der Waals surface area contributed by atoms with Crippen molar-refractivity contribution in [1.82, 2.24) is 0 Å². The van der Waals surface area contributed by atoms with Gasteiger partial charge in [-0.1, -0.05) is 243 Å². The van der Waals surface area contributed by atoms with E-state index >= 15 is 0 Å². The second kappa shape index (κ2) is 61.6. The number of carbonyl (C=O) groups is 3. The van der Waals surface area contributed by atoms with Gasteiger partial charge in [0, 0.05) is 19.3 Å². The Morgan fingerprint density at radius 3 is 0.933 bits per heavy atom. The minimum absolute atomic E-state index is 0.131. The van der Waals surface area contributed by atoms with Gasteiger partial charge >= 0.3 is 17.9 Å². The third-order valence-corrected chi connectivity index (χ3v) is 12.0. The van der Waals surface area contributed by atoms with E-state index in [-0.39, 0.29) is 44.0 Å². The Labute approximate surface area is 460 Å². The van der Waals surface area contributed by atoms with Gasteiger partial charge in [0.1, 0.15) is 13.2 Å². The predicted molar refractivity (Wildman–Crippen MR) is 325 cm³/mol. The van der Waals surface area contributed by atoms with Crippen molar-refractivity contribution in [2.45, 2.75) is 245 Å². The molecular weight excluding hydrogens is 925 g/mol. The summed E-state index contributed by atoms with van der Waals surface area (Å²) in [4.78, 5) is 38.1. The molecule has 0 bridgehead atoms. The molecule has 1 unspecified atom stereocenters. The van der Waals surface area contributed by atoms with Gasteiger partial charge in [0.05, 0.1) is 0 Å². The fraction of sp³-hybridized carbons (Fsp3) is 0.580. The molecule has 75 heavy (non-hydrogen) atoms. The van der Waals surface area contributed by atoms with E-state index in [1.165, 1.54) is 77.0 Å². The Balaban J connectivity index is 4.50. The van der Waals surface area contributed by atoms with Crippen molar-refractivity contribution in [2.24, 2.45) is 0 Å². The first kappa shape index (κ1) is 70.0. The average Bonchev–Trinajstić information content (AvgIpc) is 3.41. The summed E-state index contributed by atoms with van der Waals surface area (Å²) in [5.41, 5.74) is 0. The van der Waals surface area contributed by atoms with Gasteiger partial charge in [-0.2, -0.15) is 0 Å². The van der Waals surface area contributed by atoms with E-state index in [9.17, 15) is 14.4 Å². The highest BCUT2D eigenvalue weighted by Gasteiger charge is 2.19. The summed E-state index contributed by atoms with van der Waals surface area (Å²) in [6, 6.07) is 0. The zero-order valence-electron chi connectivity index (χ0n) is 48.0. The highest BCUT2D eigenvalue weighted by molar-refractivity contribution is 5.71. The molecule has 1 atom stereocenters. The highest BCUT2D eigenvalue weighted by Crippen LogP contribution is 2.13. The second-order valence-corrected chi connectivity index (χ2v) is 19.1. The fourth-order valence-corrected chi connectivity index (χ4v) is 7.58. The molecule has 0 aromatic rings. The lowest BCUT2D eigenvalue weighted by Gasteiger charge is -2.18. The SMILES string of the molecule is CC/C=C\C/C=C\C/C=C\C/C=C\C/C=C\C/C=C\C/C=C\C/C=C\CCCCC(=O)OCC(COC(=O)CC/C=C\C/C=C\C/C=C\C/C=C\CC)OC(=O)CCCCCCCCC/C=C\CCCCCCCC. The number of rotatable bonds is 52. The maximum atomic E-state index is 12.9. The van der Waals surface area contributed by atoms with Crippen molar-refractivity contribution >= 4 is 17.9 Å². The maximum Gasteiger partial charge on any atom is 0.306 e. The number of hydrogen-bond donors (Lipinski definition) is 0. The van der Waals surface area contributed by atoms with E-state index in [1.807, 2.05) is 12.2 Å². The molecule has 0 aromatic carbocycles. The molecule has 0 amide bonds. The molecule has 6 heteroatoms. The summed E-state index contributed by atoms with van der Waals surface area (Å²) in [5.74, 6) is -1.07. The van der Waals surface area contributed by atoms with Gasteiger partial charge < -0.3 is 14.2 Å². The molecule has 0 aliphatic heterocycles. The van der Waals surface area contributed by atoms with E-state index in [0.717, 1.165) is 109 Å². The normalized spacial score (nSPS) is 13.3. The van der Waals surface area contributed by atoms with Crippen LogP contribution < -0.4 is 0 Å². The van der Waals surface area contributed by atoms with Crippen molar-refractivity contribution < 1.29 is 28.6 Å². The molecule has 0 aliphatic rings. The van der Waals surface area contributed by atoms with E-state index in [1.54, 1.807) is 0 Å². The summed E-state index contributed by atoms with van der Waals surface area (Å²) < 4.78 is 16.8. The van der Waals surface area contributed by atoms with Gasteiger partial charge in [-0.15, -0.1) is 0 Å². The standard InChI is InChI=1S/C69H108O6/c1-4-7-10-13-16-19-22-25-27-29-30-31-32-33-34-35-36-37-38-40-41-44-47-50-53-56-59-62-68(71)74-65-66(64-73-67(70)61-58-55-52-49-46-43-24-21-18-15-12-9-6-3)75-69(72)63-60-57-54-51-48-45-42-39-28-26-23-20-17-14-11-8-5-2/h7,9-10,12,16,18-19,21,25-28,30-31,33-34,36-37,40-41,43,46-47,50,52,55,66H,4-6,8,11,13-15,17,20,22-24,29,32,35,38-39,42,44-45,48-49,51,53-54,56-65H2,1-3H3/b10-7-,12-9-,19-16-,21-18-,27-25-,28-26-,31-30-,34-33-,37-36-,41-40-,46-43-,50-47-,55-52-. The number of unbranched alkanes of at least 4 members (excludes halogenated alkanes) is 15. The first-order valence-corrected chi connectivity index (χ1v) is 30.0. The molecule has 0 heterocycles. The largest absolute Gasteiger partial charge is 0.462 e. The molecule has 0 saturated heterocycles. The quantitative estimate of drug-likeness (QED) is 0.0261. The number of ether oxygens (including phenoxy) is 3. The van der Waals surface area contributed by atoms with Crippen molar-refractivity contribution in [3.05, 3.63) is 158 Å². The summed E-state index contributed by atoms with van der Waals surface area (Å²) in [6.45, 7) is 6.29. The Morgan fingerprint density at radius 1 is 0.280 bits per heavy atom. The number of hydrogen-bond acceptors (Lipinski definition) is 6. The first-order chi connectivity index (χ1) is 37.0. The molecule has 0 rings (SSSR count). The van der Waals surface area contributed by atoms with Gasteiger partial charge in [-0.3, -0.25) is 14.4 Å². The fourth-order valence-electron chi connectivity index (χ4n) is 7.58. The summed E-state index contributed by atoms with van der Waals surface area (Å²) in [5, 5.41) is 0. The van der Waals surface area contributed by atoms with E-state index in [0.29, 0.717) is 19.3 Å². The van der Waals surface area contributed by atoms with Crippen LogP contribution in [0.25, 0.3) is 0 Å². The van der Waals surface area contributed by atoms with Crippen molar-refractivity contribution in [3.8, 4) is 0 Å². The minimum Gasteiger partial charge on any atom is -0.462 e. The van der Waals surface area contributed by atoms with Gasteiger partial charge in [0.15, 0.2) is 6.10 Å². The van der Waals surface area contributed by atoms with Crippen LogP contribution >= 0.6 is 0 Å². The topological polar surface area (TPSA) is 78.9 Å². The lowest BCUT2D eigenvalue weighted by molar-refractivity contribution is -0.166. The Kier molecular flexibility index (Phi) is 57.5. The monoisotopic (exact) mass is 1030 g/mol. The summed E-state index contributed by atoms with van der Waals surface area (Å²) in [7, 11) is 0. The van der Waals surface area contributed by atoms with E-state index in [2.05, 4.69) is 167 Å². The van der Waals surface area contributed by atoms with Crippen LogP contribution in [-0.4, -0.2) is 37.2 Å². The van der Waals surface area contributed by atoms with Crippen LogP contribution in [0.1, 0.15) is 239 Å². The van der Waals surface area contributed by atoms with Crippen LogP contribution in [0.3, 0.4) is 0 Å². The molecule has 6 nitrogen and oxygen atoms in total. The van der Waals surface area contributed by atoms with Gasteiger partial charge in [0.2, 0.25) is 0 Å². The second-order valence-electron chi connectivity index (χ2n) is 19.1. The smallest absolute Gasteiger partial charge is 0.306 e. The zero-order valence-corrected chi connectivity index (χ0v) is 48.0. The first-order valence-electron chi connectivity index (χ1n) is 30.0. The van der Waals surface area contributed by atoms with E-state index in [4.69, 9.17) is 14.2 Å². The third kappa shape index (κ3) is 59.8. The average molecular weight is 1030 g/mol. The summed E-state index contributed by atoms with van der Waals surface area (Å²) >= 11 is 0. The molecule has 0 fully saturated rings. The van der Waals surface area contributed by atoms with Crippen molar-refractivity contribution in [1.29, 1.82) is 0 Å². The Morgan fingerprint density at radius 2 is 0.547 bits per heavy atom. The Hall–Kier alpha value is -4.97. The van der Waals surface area contributed by atoms with Crippen LogP contribution in [0, 0.1) is 0 Å². The zero-order chi connectivity index (χ0) is 54.3. The predicted octanol–water partition coefficient (Wildman–Crippen LogP) is 20.5. The number of esters is 3. The van der Waals surface area contributed by atoms with Gasteiger partial charge in [0.25, 0.3) is 0 Å². The van der Waals surface area contributed by atoms with Crippen LogP contribution in [0.15, 0.2) is 158 Å². The van der Waals surface area contributed by atoms with Gasteiger partial charge in [-0.25, -0.2) is 0 Å². The molecule has 0 spiro atoms. The lowest BCUT2D eigenvalue weighted by Crippen LogP contribution is -2.30. The molecule has 0 radical (unpaired) electrons. The molecule has 0 saturated carbocycles. The van der Waals surface area contributed by atoms with E-state index < -0.39 is 6.10 Å². The lowest BCUT2D eigenvalue weighted by atomic mass is 10.1. The molecule has 0 aliphatic carbocycles. The molecule has 0 N–H and O–H groups in total. The minimum atomic E-state index is -0.835. The number of carbonyl (C=O) groups excluding carboxylic acids is 3. The van der Waals surface area contributed by atoms with Gasteiger partial charge in [-0.05, 0) is 135 Å². The summed E-state index contributed by atoms with van der Waals surface area (Å²) in [6.07, 6.45) is 89.7. The van der Waals surface area contributed by atoms with Crippen LogP contribution in [-0.2, 0) is 28.6 Å².